The van der Waals surface area contributed by atoms with Crippen molar-refractivity contribution >= 4 is 38.1 Å². The summed E-state index contributed by atoms with van der Waals surface area (Å²) in [5.74, 6) is 0.407. The topological polar surface area (TPSA) is 17.2 Å². The van der Waals surface area contributed by atoms with Crippen LogP contribution < -0.4 is 0 Å². The van der Waals surface area contributed by atoms with E-state index in [0.717, 1.165) is 16.8 Å². The van der Waals surface area contributed by atoms with Gasteiger partial charge in [-0.1, -0.05) is 110 Å². The Morgan fingerprint density at radius 3 is 1.61 bits per heavy atom. The smallest absolute Gasteiger partial charge is 0.270 e. The number of benzene rings is 6. The largest absolute Gasteiger partial charge is 0.361 e. The zero-order valence-corrected chi connectivity index (χ0v) is 20.6. The molecular formula is C36H22N2. The molecule has 176 valence electrons. The lowest BCUT2D eigenvalue weighted by Gasteiger charge is -2.16. The van der Waals surface area contributed by atoms with Crippen molar-refractivity contribution in [2.75, 3.05) is 0 Å². The van der Waals surface area contributed by atoms with Crippen LogP contribution in [0.5, 0.6) is 0 Å². The molecule has 0 fully saturated rings. The van der Waals surface area contributed by atoms with Crippen LogP contribution in [-0.2, 0) is 0 Å². The fourth-order valence-electron chi connectivity index (χ4n) is 5.54. The molecule has 38 heavy (non-hydrogen) atoms. The maximum Gasteiger partial charge on any atom is 0.270 e. The maximum absolute atomic E-state index is 7.35. The van der Waals surface area contributed by atoms with Gasteiger partial charge in [-0.05, 0) is 84.9 Å². The molecule has 2 heteroatoms. The number of aromatic nitrogens is 1. The Hall–Kier alpha value is -5.26. The van der Waals surface area contributed by atoms with Crippen molar-refractivity contribution in [1.82, 2.24) is 4.98 Å². The van der Waals surface area contributed by atoms with Gasteiger partial charge in [0.1, 0.15) is 0 Å². The molecule has 0 aliphatic rings. The second-order valence-corrected chi connectivity index (χ2v) is 9.47. The molecule has 0 bridgehead atoms. The molecule has 0 amide bonds. The van der Waals surface area contributed by atoms with Gasteiger partial charge in [-0.15, -0.1) is 4.98 Å². The van der Waals surface area contributed by atoms with Gasteiger partial charge in [0.2, 0.25) is 0 Å². The summed E-state index contributed by atoms with van der Waals surface area (Å²) in [7, 11) is 0. The first-order valence-corrected chi connectivity index (χ1v) is 12.7. The van der Waals surface area contributed by atoms with E-state index in [2.05, 4.69) is 125 Å². The minimum absolute atomic E-state index is 0.407. The molecule has 0 N–H and O–H groups in total. The minimum atomic E-state index is 0.407. The fraction of sp³-hybridized carbons (Fsp3) is 0. The van der Waals surface area contributed by atoms with Crippen molar-refractivity contribution < 1.29 is 0 Å². The van der Waals surface area contributed by atoms with E-state index in [4.69, 9.17) is 6.57 Å². The molecule has 0 aliphatic carbocycles. The van der Waals surface area contributed by atoms with Crippen LogP contribution in [0.25, 0.3) is 70.7 Å². The molecule has 0 radical (unpaired) electrons. The van der Waals surface area contributed by atoms with Gasteiger partial charge in [-0.3, -0.25) is 0 Å². The van der Waals surface area contributed by atoms with Crippen LogP contribution in [0.2, 0.25) is 0 Å². The predicted molar refractivity (Wildman–Crippen MR) is 159 cm³/mol. The average molecular weight is 483 g/mol. The first-order chi connectivity index (χ1) is 18.8. The summed E-state index contributed by atoms with van der Waals surface area (Å²) in [6.45, 7) is 7.35. The molecule has 0 unspecified atom stereocenters. The Kier molecular flexibility index (Phi) is 5.20. The minimum Gasteiger partial charge on any atom is -0.361 e. The molecule has 2 nitrogen and oxygen atoms in total. The first-order valence-electron chi connectivity index (χ1n) is 12.7. The van der Waals surface area contributed by atoms with E-state index < -0.39 is 0 Å². The number of nitrogens with zero attached hydrogens (tertiary/aromatic N) is 2. The van der Waals surface area contributed by atoms with Crippen LogP contribution in [0.15, 0.2) is 133 Å². The van der Waals surface area contributed by atoms with Gasteiger partial charge < -0.3 is 4.85 Å². The quantitative estimate of drug-likeness (QED) is 0.181. The highest BCUT2D eigenvalue weighted by Crippen LogP contribution is 2.42. The Bertz CT molecular complexity index is 2030. The summed E-state index contributed by atoms with van der Waals surface area (Å²) >= 11 is 0. The fourth-order valence-corrected chi connectivity index (χ4v) is 5.54. The van der Waals surface area contributed by atoms with E-state index in [9.17, 15) is 0 Å². The predicted octanol–water partition coefficient (Wildman–Crippen LogP) is 10.1. The Labute approximate surface area is 221 Å². The van der Waals surface area contributed by atoms with Crippen molar-refractivity contribution in [3.8, 4) is 33.5 Å². The van der Waals surface area contributed by atoms with Gasteiger partial charge in [0.05, 0.1) is 0 Å². The first kappa shape index (κ1) is 22.0. The molecule has 6 aromatic carbocycles. The molecule has 0 atom stereocenters. The molecule has 0 saturated heterocycles. The van der Waals surface area contributed by atoms with Gasteiger partial charge in [0.25, 0.3) is 5.82 Å². The van der Waals surface area contributed by atoms with Gasteiger partial charge in [-0.2, -0.15) is 0 Å². The average Bonchev–Trinajstić information content (AvgIpc) is 3.00. The summed E-state index contributed by atoms with van der Waals surface area (Å²) in [6, 6.07) is 46.8. The molecular weight excluding hydrogens is 460 g/mol. The molecule has 0 saturated carbocycles. The lowest BCUT2D eigenvalue weighted by atomic mass is 9.87. The van der Waals surface area contributed by atoms with E-state index in [1.54, 1.807) is 6.07 Å². The summed E-state index contributed by atoms with van der Waals surface area (Å²) in [6.07, 6.45) is 0. The molecule has 7 aromatic rings. The summed E-state index contributed by atoms with van der Waals surface area (Å²) in [5, 5.41) is 7.45. The van der Waals surface area contributed by atoms with E-state index in [-0.39, 0.29) is 0 Å². The number of rotatable bonds is 3. The van der Waals surface area contributed by atoms with Crippen molar-refractivity contribution in [3.63, 3.8) is 0 Å². The lowest BCUT2D eigenvalue weighted by Crippen LogP contribution is -1.89. The van der Waals surface area contributed by atoms with Gasteiger partial charge in [0.15, 0.2) is 5.69 Å². The van der Waals surface area contributed by atoms with Crippen LogP contribution in [-0.4, -0.2) is 4.98 Å². The number of hydrogen-bond acceptors (Lipinski definition) is 1. The standard InChI is InChI=1S/C36H22N2/c1-37-36-20-10-19-35(38-36)26-14-9-13-25(21-26)32-23-34-29-17-7-5-15-27(29)31(24-11-3-2-4-12-24)22-33(34)30-18-8-6-16-28(30)32/h2-23H. The lowest BCUT2D eigenvalue weighted by molar-refractivity contribution is 1.35. The van der Waals surface area contributed by atoms with Crippen LogP contribution in [0, 0.1) is 6.57 Å². The van der Waals surface area contributed by atoms with Crippen LogP contribution in [0.3, 0.4) is 0 Å². The molecule has 0 aliphatic heterocycles. The van der Waals surface area contributed by atoms with Crippen molar-refractivity contribution in [2.45, 2.75) is 0 Å². The Balaban J connectivity index is 1.53. The zero-order valence-electron chi connectivity index (χ0n) is 20.6. The summed E-state index contributed by atoms with van der Waals surface area (Å²) in [5.41, 5.74) is 6.60. The van der Waals surface area contributed by atoms with Gasteiger partial charge in [0, 0.05) is 5.56 Å². The van der Waals surface area contributed by atoms with Crippen LogP contribution in [0.4, 0.5) is 5.82 Å². The van der Waals surface area contributed by atoms with Gasteiger partial charge in [-0.25, -0.2) is 0 Å². The second kappa shape index (κ2) is 9.00. The highest BCUT2D eigenvalue weighted by Gasteiger charge is 2.15. The molecule has 7 rings (SSSR count). The van der Waals surface area contributed by atoms with Crippen molar-refractivity contribution in [1.29, 1.82) is 0 Å². The van der Waals surface area contributed by atoms with E-state index in [1.807, 2.05) is 12.1 Å². The molecule has 1 aromatic heterocycles. The normalized spacial score (nSPS) is 11.1. The zero-order chi connectivity index (χ0) is 25.5. The maximum atomic E-state index is 7.35. The van der Waals surface area contributed by atoms with E-state index >= 15 is 0 Å². The summed E-state index contributed by atoms with van der Waals surface area (Å²) < 4.78 is 0. The van der Waals surface area contributed by atoms with Crippen LogP contribution in [0.1, 0.15) is 0 Å². The molecule has 0 spiro atoms. The SMILES string of the molecule is [C-]#[N+]c1cccc(-c2cccc(-c3cc4c5ccccc5c(-c5ccccc5)cc4c4ccccc34)c2)n1. The van der Waals surface area contributed by atoms with E-state index in [1.165, 1.54) is 49.0 Å². The van der Waals surface area contributed by atoms with Crippen LogP contribution >= 0.6 is 0 Å². The second-order valence-electron chi connectivity index (χ2n) is 9.47. The third-order valence-electron chi connectivity index (χ3n) is 7.29. The Morgan fingerprint density at radius 2 is 0.947 bits per heavy atom. The monoisotopic (exact) mass is 482 g/mol. The summed E-state index contributed by atoms with van der Waals surface area (Å²) in [4.78, 5) is 8.04. The number of hydrogen-bond donors (Lipinski definition) is 0. The van der Waals surface area contributed by atoms with Crippen molar-refractivity contribution in [3.05, 3.63) is 145 Å². The molecule has 1 heterocycles. The third kappa shape index (κ3) is 3.61. The van der Waals surface area contributed by atoms with Gasteiger partial charge >= 0.3 is 0 Å². The number of fused-ring (bicyclic) bond motifs is 5. The number of pyridine rings is 1. The highest BCUT2D eigenvalue weighted by atomic mass is 14.9. The highest BCUT2D eigenvalue weighted by molar-refractivity contribution is 6.23. The Morgan fingerprint density at radius 1 is 0.421 bits per heavy atom. The van der Waals surface area contributed by atoms with Crippen molar-refractivity contribution in [2.24, 2.45) is 0 Å². The third-order valence-corrected chi connectivity index (χ3v) is 7.29. The van der Waals surface area contributed by atoms with E-state index in [0.29, 0.717) is 5.82 Å².